The lowest BCUT2D eigenvalue weighted by Crippen LogP contribution is -2.06. The summed E-state index contributed by atoms with van der Waals surface area (Å²) >= 11 is 1.28. The maximum absolute atomic E-state index is 12.6. The first kappa shape index (κ1) is 12.8. The number of aryl methyl sites for hydroxylation is 2. The van der Waals surface area contributed by atoms with Crippen LogP contribution in [0.3, 0.4) is 0 Å². The molecule has 1 aromatic heterocycles. The SMILES string of the molecule is Cc1ccc(C)c(S(=O)(=O)c2nc3c(s2)CNC3)c1. The number of hydrogen-bond acceptors (Lipinski definition) is 5. The minimum Gasteiger partial charge on any atom is -0.306 e. The lowest BCUT2D eigenvalue weighted by Gasteiger charge is -2.06. The van der Waals surface area contributed by atoms with Crippen molar-refractivity contribution in [1.29, 1.82) is 0 Å². The van der Waals surface area contributed by atoms with Crippen LogP contribution in [0.1, 0.15) is 21.7 Å². The molecule has 0 aliphatic carbocycles. The van der Waals surface area contributed by atoms with Gasteiger partial charge < -0.3 is 5.32 Å². The van der Waals surface area contributed by atoms with Crippen LogP contribution in [-0.2, 0) is 22.9 Å². The number of rotatable bonds is 2. The molecule has 100 valence electrons. The molecule has 2 heterocycles. The van der Waals surface area contributed by atoms with E-state index < -0.39 is 9.84 Å². The van der Waals surface area contributed by atoms with Gasteiger partial charge in [0.15, 0.2) is 0 Å². The Bertz CT molecular complexity index is 726. The second kappa shape index (κ2) is 4.40. The zero-order valence-corrected chi connectivity index (χ0v) is 12.4. The minimum absolute atomic E-state index is 0.215. The molecule has 1 aliphatic heterocycles. The lowest BCUT2D eigenvalue weighted by atomic mass is 10.2. The molecule has 0 radical (unpaired) electrons. The second-order valence-electron chi connectivity index (χ2n) is 4.73. The van der Waals surface area contributed by atoms with Crippen LogP contribution < -0.4 is 5.32 Å². The van der Waals surface area contributed by atoms with Crippen molar-refractivity contribution in [3.63, 3.8) is 0 Å². The first-order chi connectivity index (χ1) is 8.98. The number of aromatic nitrogens is 1. The number of nitrogens with one attached hydrogen (secondary N) is 1. The van der Waals surface area contributed by atoms with Gasteiger partial charge in [-0.15, -0.1) is 11.3 Å². The third kappa shape index (κ3) is 2.09. The highest BCUT2D eigenvalue weighted by molar-refractivity contribution is 7.93. The highest BCUT2D eigenvalue weighted by atomic mass is 32.2. The summed E-state index contributed by atoms with van der Waals surface area (Å²) in [6.07, 6.45) is 0. The molecule has 19 heavy (non-hydrogen) atoms. The summed E-state index contributed by atoms with van der Waals surface area (Å²) in [4.78, 5) is 5.68. The zero-order chi connectivity index (χ0) is 13.6. The van der Waals surface area contributed by atoms with Crippen LogP contribution in [0.4, 0.5) is 0 Å². The van der Waals surface area contributed by atoms with E-state index >= 15 is 0 Å². The number of nitrogens with zero attached hydrogens (tertiary/aromatic N) is 1. The molecule has 1 aromatic carbocycles. The first-order valence-corrected chi connectivity index (χ1v) is 8.30. The van der Waals surface area contributed by atoms with Crippen molar-refractivity contribution in [2.24, 2.45) is 0 Å². The van der Waals surface area contributed by atoms with Crippen molar-refractivity contribution in [3.05, 3.63) is 39.9 Å². The van der Waals surface area contributed by atoms with Crippen molar-refractivity contribution in [2.45, 2.75) is 36.2 Å². The van der Waals surface area contributed by atoms with Gasteiger partial charge in [-0.3, -0.25) is 0 Å². The van der Waals surface area contributed by atoms with E-state index in [1.54, 1.807) is 6.07 Å². The maximum Gasteiger partial charge on any atom is 0.233 e. The Morgan fingerprint density at radius 2 is 2.05 bits per heavy atom. The van der Waals surface area contributed by atoms with E-state index in [4.69, 9.17) is 0 Å². The van der Waals surface area contributed by atoms with Crippen LogP contribution in [0.25, 0.3) is 0 Å². The summed E-state index contributed by atoms with van der Waals surface area (Å²) in [6, 6.07) is 5.47. The predicted molar refractivity (Wildman–Crippen MR) is 74.0 cm³/mol. The van der Waals surface area contributed by atoms with E-state index in [2.05, 4.69) is 10.3 Å². The quantitative estimate of drug-likeness (QED) is 0.922. The summed E-state index contributed by atoms with van der Waals surface area (Å²) in [5, 5.41) is 3.16. The summed E-state index contributed by atoms with van der Waals surface area (Å²) in [5.41, 5.74) is 2.57. The monoisotopic (exact) mass is 294 g/mol. The van der Waals surface area contributed by atoms with Crippen molar-refractivity contribution in [3.8, 4) is 0 Å². The molecule has 0 atom stereocenters. The van der Waals surface area contributed by atoms with Crippen molar-refractivity contribution >= 4 is 21.2 Å². The fourth-order valence-corrected chi connectivity index (χ4v) is 5.17. The van der Waals surface area contributed by atoms with E-state index in [1.165, 1.54) is 11.3 Å². The van der Waals surface area contributed by atoms with Crippen LogP contribution in [-0.4, -0.2) is 13.4 Å². The summed E-state index contributed by atoms with van der Waals surface area (Å²) in [6.45, 7) is 5.09. The zero-order valence-electron chi connectivity index (χ0n) is 10.7. The number of benzene rings is 1. The van der Waals surface area contributed by atoms with Crippen LogP contribution >= 0.6 is 11.3 Å². The highest BCUT2D eigenvalue weighted by Gasteiger charge is 2.27. The maximum atomic E-state index is 12.6. The fraction of sp³-hybridized carbons (Fsp3) is 0.308. The average molecular weight is 294 g/mol. The van der Waals surface area contributed by atoms with Gasteiger partial charge in [0.25, 0.3) is 0 Å². The van der Waals surface area contributed by atoms with Crippen LogP contribution in [0, 0.1) is 13.8 Å². The Kier molecular flexibility index (Phi) is 2.96. The topological polar surface area (TPSA) is 59.1 Å². The van der Waals surface area contributed by atoms with Gasteiger partial charge in [0.1, 0.15) is 0 Å². The Morgan fingerprint density at radius 1 is 1.26 bits per heavy atom. The molecule has 0 fully saturated rings. The Labute approximate surface area is 116 Å². The molecule has 0 unspecified atom stereocenters. The molecule has 3 rings (SSSR count). The van der Waals surface area contributed by atoms with Gasteiger partial charge >= 0.3 is 0 Å². The first-order valence-electron chi connectivity index (χ1n) is 6.00. The molecule has 1 N–H and O–H groups in total. The van der Waals surface area contributed by atoms with Gasteiger partial charge in [0.05, 0.1) is 10.6 Å². The fourth-order valence-electron chi connectivity index (χ4n) is 2.14. The molecule has 0 saturated heterocycles. The summed E-state index contributed by atoms with van der Waals surface area (Å²) < 4.78 is 25.5. The molecule has 4 nitrogen and oxygen atoms in total. The van der Waals surface area contributed by atoms with Crippen molar-refractivity contribution in [2.75, 3.05) is 0 Å². The molecular weight excluding hydrogens is 280 g/mol. The molecule has 0 saturated carbocycles. The van der Waals surface area contributed by atoms with Gasteiger partial charge in [-0.25, -0.2) is 13.4 Å². The van der Waals surface area contributed by atoms with Crippen molar-refractivity contribution in [1.82, 2.24) is 10.3 Å². The summed E-state index contributed by atoms with van der Waals surface area (Å²) in [7, 11) is -3.49. The standard InChI is InChI=1S/C13H14N2O2S2/c1-8-3-4-9(2)12(5-8)19(16,17)13-15-10-6-14-7-11(10)18-13/h3-5,14H,6-7H2,1-2H3. The Balaban J connectivity index is 2.14. The van der Waals surface area contributed by atoms with Gasteiger partial charge in [-0.05, 0) is 31.0 Å². The van der Waals surface area contributed by atoms with E-state index in [0.717, 1.165) is 28.2 Å². The molecule has 6 heteroatoms. The second-order valence-corrected chi connectivity index (χ2v) is 7.90. The van der Waals surface area contributed by atoms with E-state index in [-0.39, 0.29) is 4.34 Å². The van der Waals surface area contributed by atoms with Crippen LogP contribution in [0.5, 0.6) is 0 Å². The Morgan fingerprint density at radius 3 is 2.79 bits per heavy atom. The molecule has 2 aromatic rings. The van der Waals surface area contributed by atoms with Gasteiger partial charge in [-0.2, -0.15) is 0 Å². The van der Waals surface area contributed by atoms with E-state index in [1.807, 2.05) is 26.0 Å². The minimum atomic E-state index is -3.49. The van der Waals surface area contributed by atoms with Crippen LogP contribution in [0.15, 0.2) is 27.4 Å². The number of thiazole rings is 1. The number of hydrogen-bond donors (Lipinski definition) is 1. The lowest BCUT2D eigenvalue weighted by molar-refractivity contribution is 0.594. The Hall–Kier alpha value is -1.24. The van der Waals surface area contributed by atoms with Crippen LogP contribution in [0.2, 0.25) is 0 Å². The van der Waals surface area contributed by atoms with Crippen molar-refractivity contribution < 1.29 is 8.42 Å². The third-order valence-electron chi connectivity index (χ3n) is 3.20. The van der Waals surface area contributed by atoms with Gasteiger partial charge in [-0.1, -0.05) is 12.1 Å². The molecular formula is C13H14N2O2S2. The van der Waals surface area contributed by atoms with Gasteiger partial charge in [0, 0.05) is 18.0 Å². The largest absolute Gasteiger partial charge is 0.306 e. The normalized spacial score (nSPS) is 14.6. The molecule has 0 amide bonds. The molecule has 0 bridgehead atoms. The number of sulfone groups is 1. The predicted octanol–water partition coefficient (Wildman–Crippen LogP) is 2.20. The van der Waals surface area contributed by atoms with Gasteiger partial charge in [0.2, 0.25) is 14.2 Å². The molecule has 0 spiro atoms. The molecule has 1 aliphatic rings. The smallest absolute Gasteiger partial charge is 0.233 e. The highest BCUT2D eigenvalue weighted by Crippen LogP contribution is 2.31. The van der Waals surface area contributed by atoms with E-state index in [9.17, 15) is 8.42 Å². The van der Waals surface area contributed by atoms with E-state index in [0.29, 0.717) is 11.4 Å². The average Bonchev–Trinajstić information content (AvgIpc) is 2.92. The third-order valence-corrected chi connectivity index (χ3v) is 6.57. The summed E-state index contributed by atoms with van der Waals surface area (Å²) in [5.74, 6) is 0. The number of fused-ring (bicyclic) bond motifs is 1.